The molecule has 3 aromatic rings. The fourth-order valence-corrected chi connectivity index (χ4v) is 16.2. The van der Waals surface area contributed by atoms with Crippen molar-refractivity contribution in [3.63, 3.8) is 0 Å². The van der Waals surface area contributed by atoms with Crippen molar-refractivity contribution in [2.75, 3.05) is 26.8 Å². The van der Waals surface area contributed by atoms with Gasteiger partial charge in [0.25, 0.3) is 0 Å². The molecule has 1 aromatic heterocycles. The molecule has 2 aliphatic rings. The van der Waals surface area contributed by atoms with E-state index in [1.807, 2.05) is 45.1 Å². The summed E-state index contributed by atoms with van der Waals surface area (Å²) in [5, 5.41) is 61.7. The van der Waals surface area contributed by atoms with E-state index < -0.39 is 73.2 Å². The third-order valence-electron chi connectivity index (χ3n) is 15.9. The fraction of sp³-hybridized carbons (Fsp3) is 0.672. The molecule has 13 nitrogen and oxygen atoms in total. The summed E-state index contributed by atoms with van der Waals surface area (Å²) in [6.07, 6.45) is 7.05. The molecule has 0 aliphatic carbocycles. The zero-order chi connectivity index (χ0) is 52.6. The van der Waals surface area contributed by atoms with Gasteiger partial charge >= 0.3 is 196 Å². The van der Waals surface area contributed by atoms with Crippen LogP contribution in [0.25, 0.3) is 0 Å². The number of likely N-dealkylation sites (N-methyl/N-ethyl adjacent to an activating group) is 1. The molecule has 404 valence electrons. The second kappa shape index (κ2) is 28.0. The SMILES string of the molecule is CC[C@H]1OC(=O)[C@H](C)[C@@H](O)C[C@@H](O[C@@H]2O[C@H](C)C[C@H](N(C)C)[C@H]2O)[C@](C)(O)C[C@@H](C)CN(C(=O)CCCCCCCCCCCC[PH](c2ccccc2)(c2ccccc2)c2ccccn2)[C@H](C)[C@@H](O)[C@]1(C)O. The third kappa shape index (κ3) is 15.6. The van der Waals surface area contributed by atoms with Crippen molar-refractivity contribution < 1.29 is 49.3 Å². The maximum absolute atomic E-state index is 14.3. The molecule has 72 heavy (non-hydrogen) atoms. The van der Waals surface area contributed by atoms with E-state index in [0.29, 0.717) is 12.8 Å². The first-order valence-corrected chi connectivity index (χ1v) is 29.4. The molecule has 3 heterocycles. The number of aliphatic hydroxyl groups excluding tert-OH is 3. The Morgan fingerprint density at radius 3 is 1.90 bits per heavy atom. The standard InChI is InChI=1S/C58H92N3O10P/c1-10-49-58(7,68)54(65)44(5)61(40-41(2)39-57(6,67)50(38-48(62)43(4)55(66)70-49)71-56-53(64)47(60(8)9)37-42(3)69-56)52(63)34-25-17-15-13-11-12-14-16-18-28-36-72(45-29-21-19-22-30-45,46-31-23-20-24-32-46)51-33-26-27-35-59-51/h19-24,26-27,29-33,35,41-44,47-50,53-54,56,62,64-65,67-68,72H,10-18,25,28,34,36-40H2,1-9H3/t41-,42-,43-,44-,47+,48+,49-,50-,53-,54-,56+,57-,58-/m1/s1. The van der Waals surface area contributed by atoms with Crippen LogP contribution in [0.15, 0.2) is 85.1 Å². The Hall–Kier alpha value is -3.36. The van der Waals surface area contributed by atoms with Gasteiger partial charge in [-0.3, -0.25) is 9.59 Å². The Morgan fingerprint density at radius 2 is 1.36 bits per heavy atom. The van der Waals surface area contributed by atoms with E-state index in [2.05, 4.69) is 72.8 Å². The number of carbonyl (C=O) groups is 2. The molecule has 5 N–H and O–H groups in total. The number of pyridine rings is 1. The van der Waals surface area contributed by atoms with Gasteiger partial charge in [-0.1, -0.05) is 13.8 Å². The van der Waals surface area contributed by atoms with Gasteiger partial charge in [0, 0.05) is 19.0 Å². The first-order valence-electron chi connectivity index (χ1n) is 27.2. The van der Waals surface area contributed by atoms with E-state index in [-0.39, 0.29) is 56.2 Å². The second-order valence-corrected chi connectivity index (χ2v) is 26.1. The van der Waals surface area contributed by atoms with Gasteiger partial charge in [-0.25, -0.2) is 0 Å². The van der Waals surface area contributed by atoms with E-state index >= 15 is 0 Å². The summed E-state index contributed by atoms with van der Waals surface area (Å²) < 4.78 is 18.4. The molecular formula is C58H92N3O10P. The Balaban J connectivity index is 1.17. The first-order chi connectivity index (χ1) is 34.2. The van der Waals surface area contributed by atoms with Crippen molar-refractivity contribution in [3.05, 3.63) is 85.1 Å². The summed E-state index contributed by atoms with van der Waals surface area (Å²) in [6, 6.07) is 27.2. The van der Waals surface area contributed by atoms with Crippen molar-refractivity contribution in [3.8, 4) is 0 Å². The molecule has 2 fully saturated rings. The topological polar surface area (TPSA) is 182 Å². The van der Waals surface area contributed by atoms with E-state index in [9.17, 15) is 35.1 Å². The normalized spacial score (nSPS) is 31.6. The average molecular weight is 1020 g/mol. The molecule has 13 atom stereocenters. The van der Waals surface area contributed by atoms with Crippen molar-refractivity contribution in [2.24, 2.45) is 11.8 Å². The summed E-state index contributed by atoms with van der Waals surface area (Å²) in [7, 11) is 1.42. The fourth-order valence-electron chi connectivity index (χ4n) is 11.5. The van der Waals surface area contributed by atoms with Crippen molar-refractivity contribution in [1.82, 2.24) is 14.8 Å². The van der Waals surface area contributed by atoms with Crippen LogP contribution in [-0.4, -0.2) is 145 Å². The zero-order valence-electron chi connectivity index (χ0n) is 45.1. The van der Waals surface area contributed by atoms with Crippen LogP contribution in [0, 0.1) is 11.8 Å². The van der Waals surface area contributed by atoms with Gasteiger partial charge in [0.1, 0.15) is 23.9 Å². The number of cyclic esters (lactones) is 1. The smallest absolute Gasteiger partial charge is 0.126 e. The number of benzene rings is 2. The van der Waals surface area contributed by atoms with E-state index in [0.717, 1.165) is 38.3 Å². The first kappa shape index (κ1) is 59.5. The van der Waals surface area contributed by atoms with Gasteiger partial charge in [0.15, 0.2) is 6.29 Å². The minimum atomic E-state index is -2.32. The monoisotopic (exact) mass is 1020 g/mol. The minimum absolute atomic E-state index is 0.105. The Labute approximate surface area is 432 Å². The molecule has 0 radical (unpaired) electrons. The van der Waals surface area contributed by atoms with Crippen LogP contribution in [-0.2, 0) is 23.8 Å². The number of esters is 1. The molecule has 0 unspecified atom stereocenters. The molecule has 2 aliphatic heterocycles. The molecule has 0 saturated carbocycles. The van der Waals surface area contributed by atoms with Crippen molar-refractivity contribution in [1.29, 1.82) is 0 Å². The van der Waals surface area contributed by atoms with Gasteiger partial charge in [-0.05, 0) is 73.9 Å². The Morgan fingerprint density at radius 1 is 0.806 bits per heavy atom. The van der Waals surface area contributed by atoms with Gasteiger partial charge in [0.05, 0.1) is 35.9 Å². The molecular weight excluding hydrogens is 930 g/mol. The largest absolute Gasteiger partial charge is 0.388 e. The summed E-state index contributed by atoms with van der Waals surface area (Å²) in [4.78, 5) is 36.4. The molecule has 0 bridgehead atoms. The van der Waals surface area contributed by atoms with Crippen LogP contribution < -0.4 is 16.0 Å². The summed E-state index contributed by atoms with van der Waals surface area (Å²) >= 11 is 0. The molecule has 1 amide bonds. The predicted octanol–water partition coefficient (Wildman–Crippen LogP) is 7.04. The number of aromatic nitrogens is 1. The van der Waals surface area contributed by atoms with Crippen LogP contribution in [0.1, 0.15) is 145 Å². The van der Waals surface area contributed by atoms with E-state index in [1.165, 1.54) is 55.6 Å². The van der Waals surface area contributed by atoms with Gasteiger partial charge in [-0.15, -0.1) is 0 Å². The number of nitrogens with zero attached hydrogens (tertiary/aromatic N) is 3. The number of unbranched alkanes of at least 4 members (excludes halogenated alkanes) is 9. The number of ether oxygens (including phenoxy) is 3. The van der Waals surface area contributed by atoms with Crippen molar-refractivity contribution >= 4 is 35.2 Å². The summed E-state index contributed by atoms with van der Waals surface area (Å²) in [5.41, 5.74) is -2.36. The van der Waals surface area contributed by atoms with Gasteiger partial charge in [0.2, 0.25) is 5.91 Å². The summed E-state index contributed by atoms with van der Waals surface area (Å²) in [5.74, 6) is -2.41. The molecule has 0 spiro atoms. The second-order valence-electron chi connectivity index (χ2n) is 22.1. The van der Waals surface area contributed by atoms with E-state index in [4.69, 9.17) is 19.2 Å². The van der Waals surface area contributed by atoms with E-state index in [1.54, 1.807) is 25.7 Å². The molecule has 14 heteroatoms. The molecule has 2 saturated heterocycles. The quantitative estimate of drug-likeness (QED) is 0.0443. The van der Waals surface area contributed by atoms with Crippen LogP contribution in [0.2, 0.25) is 0 Å². The van der Waals surface area contributed by atoms with Crippen LogP contribution in [0.4, 0.5) is 0 Å². The predicted molar refractivity (Wildman–Crippen MR) is 289 cm³/mol. The maximum atomic E-state index is 14.3. The minimum Gasteiger partial charge on any atom is -0.388 e. The Bertz CT molecular complexity index is 1950. The Kier molecular flexibility index (Phi) is 23.1. The van der Waals surface area contributed by atoms with Crippen LogP contribution in [0.5, 0.6) is 0 Å². The van der Waals surface area contributed by atoms with Crippen LogP contribution in [0.3, 0.4) is 0 Å². The van der Waals surface area contributed by atoms with Gasteiger partial charge < -0.3 is 49.5 Å². The number of rotatable bonds is 20. The number of amides is 1. The number of hydrogen-bond acceptors (Lipinski definition) is 12. The van der Waals surface area contributed by atoms with Crippen LogP contribution >= 0.6 is 7.26 Å². The maximum Gasteiger partial charge on any atom is 0.126 e. The van der Waals surface area contributed by atoms with Gasteiger partial charge in [-0.2, -0.15) is 0 Å². The number of aliphatic hydroxyl groups is 5. The third-order valence-corrected chi connectivity index (χ3v) is 20.8. The molecule has 5 rings (SSSR count). The average Bonchev–Trinajstić information content (AvgIpc) is 3.36. The summed E-state index contributed by atoms with van der Waals surface area (Å²) in [6.45, 7) is 11.9. The number of hydrogen-bond donors (Lipinski definition) is 5. The molecule has 2 aromatic carbocycles. The van der Waals surface area contributed by atoms with Crippen molar-refractivity contribution in [2.45, 2.75) is 211 Å². The number of carbonyl (C=O) groups excluding carboxylic acids is 2. The zero-order valence-corrected chi connectivity index (χ0v) is 46.1.